The van der Waals surface area contributed by atoms with Gasteiger partial charge in [0.25, 0.3) is 0 Å². The Morgan fingerprint density at radius 1 is 1.48 bits per heavy atom. The molecule has 2 aromatic rings. The summed E-state index contributed by atoms with van der Waals surface area (Å²) in [6.45, 7) is 2.64. The Balaban J connectivity index is 1.62. The molecule has 21 heavy (non-hydrogen) atoms. The second-order valence-corrected chi connectivity index (χ2v) is 5.86. The first-order chi connectivity index (χ1) is 10.2. The number of carbonyl (C=O) groups is 1. The van der Waals surface area contributed by atoms with Gasteiger partial charge in [0, 0.05) is 11.3 Å². The summed E-state index contributed by atoms with van der Waals surface area (Å²) in [7, 11) is 0. The molecule has 7 heteroatoms. The lowest BCUT2D eigenvalue weighted by molar-refractivity contribution is 0.0238. The SMILES string of the molecule is C[C@@H](NC(=O)Nc1ccnnc1)[C@H]1OCCc2sccc21. The lowest BCUT2D eigenvalue weighted by Crippen LogP contribution is -2.41. The van der Waals surface area contributed by atoms with E-state index in [-0.39, 0.29) is 18.2 Å². The number of anilines is 1. The zero-order valence-corrected chi connectivity index (χ0v) is 12.4. The summed E-state index contributed by atoms with van der Waals surface area (Å²) < 4.78 is 5.82. The molecule has 110 valence electrons. The molecule has 0 spiro atoms. The van der Waals surface area contributed by atoms with Crippen LogP contribution < -0.4 is 10.6 Å². The number of nitrogens with one attached hydrogen (secondary N) is 2. The summed E-state index contributed by atoms with van der Waals surface area (Å²) in [5.74, 6) is 0. The van der Waals surface area contributed by atoms with Crippen LogP contribution in [0.25, 0.3) is 0 Å². The maximum Gasteiger partial charge on any atom is 0.319 e. The number of ether oxygens (including phenoxy) is 1. The Morgan fingerprint density at radius 3 is 3.19 bits per heavy atom. The van der Waals surface area contributed by atoms with Gasteiger partial charge < -0.3 is 15.4 Å². The molecule has 2 aromatic heterocycles. The predicted molar refractivity (Wildman–Crippen MR) is 80.4 cm³/mol. The van der Waals surface area contributed by atoms with Crippen LogP contribution in [0.1, 0.15) is 23.5 Å². The summed E-state index contributed by atoms with van der Waals surface area (Å²) in [6.07, 6.45) is 3.88. The average molecular weight is 304 g/mol. The molecule has 0 fully saturated rings. The van der Waals surface area contributed by atoms with Crippen molar-refractivity contribution in [1.29, 1.82) is 0 Å². The zero-order valence-electron chi connectivity index (χ0n) is 11.6. The summed E-state index contributed by atoms with van der Waals surface area (Å²) in [4.78, 5) is 13.3. The van der Waals surface area contributed by atoms with Gasteiger partial charge in [0.05, 0.1) is 30.7 Å². The van der Waals surface area contributed by atoms with E-state index in [9.17, 15) is 4.79 Å². The largest absolute Gasteiger partial charge is 0.371 e. The van der Waals surface area contributed by atoms with Crippen LogP contribution in [0.4, 0.5) is 10.5 Å². The molecule has 0 aliphatic carbocycles. The summed E-state index contributed by atoms with van der Waals surface area (Å²) in [5.41, 5.74) is 1.79. The fraction of sp³-hybridized carbons (Fsp3) is 0.357. The van der Waals surface area contributed by atoms with E-state index in [1.165, 1.54) is 22.8 Å². The molecule has 1 aliphatic rings. The van der Waals surface area contributed by atoms with Crippen molar-refractivity contribution in [2.45, 2.75) is 25.5 Å². The van der Waals surface area contributed by atoms with Crippen molar-refractivity contribution < 1.29 is 9.53 Å². The molecule has 0 saturated heterocycles. The molecule has 0 aromatic carbocycles. The molecule has 2 atom stereocenters. The van der Waals surface area contributed by atoms with Gasteiger partial charge in [0.2, 0.25) is 0 Å². The van der Waals surface area contributed by atoms with Crippen LogP contribution in [-0.2, 0) is 11.2 Å². The van der Waals surface area contributed by atoms with E-state index in [1.54, 1.807) is 17.4 Å². The first-order valence-electron chi connectivity index (χ1n) is 6.76. The first-order valence-corrected chi connectivity index (χ1v) is 7.64. The predicted octanol–water partition coefficient (Wildman–Crippen LogP) is 2.36. The molecule has 3 heterocycles. The molecule has 3 rings (SSSR count). The standard InChI is InChI=1S/C14H16N4O2S/c1-9(13-11-4-7-21-12(11)3-6-20-13)17-14(19)18-10-2-5-15-16-8-10/h2,4-5,7-9,13H,3,6H2,1H3,(H2,15,17,18,19)/t9-,13-/m1/s1. The second kappa shape index (κ2) is 6.19. The van der Waals surface area contributed by atoms with Crippen molar-refractivity contribution in [1.82, 2.24) is 15.5 Å². The van der Waals surface area contributed by atoms with Gasteiger partial charge in [-0.05, 0) is 30.0 Å². The van der Waals surface area contributed by atoms with Crippen LogP contribution in [-0.4, -0.2) is 28.9 Å². The van der Waals surface area contributed by atoms with E-state index in [1.807, 2.05) is 6.92 Å². The number of rotatable bonds is 3. The Hall–Kier alpha value is -1.99. The van der Waals surface area contributed by atoms with E-state index >= 15 is 0 Å². The molecule has 6 nitrogen and oxygen atoms in total. The van der Waals surface area contributed by atoms with Crippen molar-refractivity contribution in [2.24, 2.45) is 0 Å². The van der Waals surface area contributed by atoms with Gasteiger partial charge in [-0.1, -0.05) is 0 Å². The lowest BCUT2D eigenvalue weighted by Gasteiger charge is -2.29. The summed E-state index contributed by atoms with van der Waals surface area (Å²) in [6, 6.07) is 3.37. The number of carbonyl (C=O) groups excluding carboxylic acids is 1. The van der Waals surface area contributed by atoms with Gasteiger partial charge in [0.1, 0.15) is 6.10 Å². The van der Waals surface area contributed by atoms with Crippen LogP contribution >= 0.6 is 11.3 Å². The van der Waals surface area contributed by atoms with E-state index in [2.05, 4.69) is 32.3 Å². The highest BCUT2D eigenvalue weighted by atomic mass is 32.1. The highest BCUT2D eigenvalue weighted by molar-refractivity contribution is 7.10. The van der Waals surface area contributed by atoms with E-state index < -0.39 is 0 Å². The Morgan fingerprint density at radius 2 is 2.38 bits per heavy atom. The maximum atomic E-state index is 12.0. The molecule has 0 saturated carbocycles. The van der Waals surface area contributed by atoms with Crippen LogP contribution in [0.15, 0.2) is 29.9 Å². The van der Waals surface area contributed by atoms with Crippen molar-refractivity contribution in [3.05, 3.63) is 40.3 Å². The highest BCUT2D eigenvalue weighted by Gasteiger charge is 2.27. The average Bonchev–Trinajstić information content (AvgIpc) is 2.96. The van der Waals surface area contributed by atoms with E-state index in [4.69, 9.17) is 4.74 Å². The molecule has 0 bridgehead atoms. The van der Waals surface area contributed by atoms with Gasteiger partial charge in [-0.2, -0.15) is 10.2 Å². The number of hydrogen-bond donors (Lipinski definition) is 2. The lowest BCUT2D eigenvalue weighted by atomic mass is 10.0. The first kappa shape index (κ1) is 14.0. The molecular weight excluding hydrogens is 288 g/mol. The third-order valence-corrected chi connectivity index (χ3v) is 4.36. The summed E-state index contributed by atoms with van der Waals surface area (Å²) >= 11 is 1.74. The van der Waals surface area contributed by atoms with Crippen LogP contribution in [0, 0.1) is 0 Å². The summed E-state index contributed by atoms with van der Waals surface area (Å²) in [5, 5.41) is 15.1. The smallest absolute Gasteiger partial charge is 0.319 e. The fourth-order valence-electron chi connectivity index (χ4n) is 2.40. The van der Waals surface area contributed by atoms with Gasteiger partial charge in [-0.3, -0.25) is 0 Å². The zero-order chi connectivity index (χ0) is 14.7. The van der Waals surface area contributed by atoms with Crippen molar-refractivity contribution in [2.75, 3.05) is 11.9 Å². The molecular formula is C14H16N4O2S. The minimum Gasteiger partial charge on any atom is -0.371 e. The number of fused-ring (bicyclic) bond motifs is 1. The normalized spacial score (nSPS) is 18.6. The third kappa shape index (κ3) is 3.20. The van der Waals surface area contributed by atoms with Gasteiger partial charge in [0.15, 0.2) is 0 Å². The third-order valence-electron chi connectivity index (χ3n) is 3.37. The highest BCUT2D eigenvalue weighted by Crippen LogP contribution is 2.33. The number of hydrogen-bond acceptors (Lipinski definition) is 5. The van der Waals surface area contributed by atoms with Crippen molar-refractivity contribution in [3.8, 4) is 0 Å². The number of urea groups is 1. The van der Waals surface area contributed by atoms with Gasteiger partial charge in [-0.25, -0.2) is 4.79 Å². The Labute approximate surface area is 126 Å². The molecule has 1 aliphatic heterocycles. The monoisotopic (exact) mass is 304 g/mol. The van der Waals surface area contributed by atoms with Crippen molar-refractivity contribution >= 4 is 23.1 Å². The number of amides is 2. The second-order valence-electron chi connectivity index (χ2n) is 4.86. The number of aromatic nitrogens is 2. The van der Waals surface area contributed by atoms with Crippen LogP contribution in [0.2, 0.25) is 0 Å². The number of nitrogens with zero attached hydrogens (tertiary/aromatic N) is 2. The Bertz CT molecular complexity index is 616. The van der Waals surface area contributed by atoms with Crippen molar-refractivity contribution in [3.63, 3.8) is 0 Å². The molecule has 0 unspecified atom stereocenters. The van der Waals surface area contributed by atoms with E-state index in [0.717, 1.165) is 6.42 Å². The van der Waals surface area contributed by atoms with Crippen LogP contribution in [0.5, 0.6) is 0 Å². The molecule has 2 amide bonds. The van der Waals surface area contributed by atoms with Crippen LogP contribution in [0.3, 0.4) is 0 Å². The quantitative estimate of drug-likeness (QED) is 0.912. The fourth-order valence-corrected chi connectivity index (χ4v) is 3.30. The van der Waals surface area contributed by atoms with E-state index in [0.29, 0.717) is 12.3 Å². The van der Waals surface area contributed by atoms with Gasteiger partial charge >= 0.3 is 6.03 Å². The number of thiophene rings is 1. The minimum absolute atomic E-state index is 0.0960. The topological polar surface area (TPSA) is 76.1 Å². The minimum atomic E-state index is -0.276. The molecule has 2 N–H and O–H groups in total. The molecule has 0 radical (unpaired) electrons. The Kier molecular flexibility index (Phi) is 4.12. The maximum absolute atomic E-state index is 12.0. The van der Waals surface area contributed by atoms with Gasteiger partial charge in [-0.15, -0.1) is 11.3 Å².